The van der Waals surface area contributed by atoms with Crippen molar-refractivity contribution in [3.05, 3.63) is 23.0 Å². The van der Waals surface area contributed by atoms with E-state index in [-0.39, 0.29) is 0 Å². The number of halogens is 1. The fourth-order valence-corrected chi connectivity index (χ4v) is 0.792. The SMILES string of the molecule is Nc1ccc(Cl)nc1C#CC=O. The molecule has 0 unspecified atom stereocenters. The minimum absolute atomic E-state index is 0.305. The third-order valence-electron chi connectivity index (χ3n) is 1.14. The van der Waals surface area contributed by atoms with Gasteiger partial charge in [0.2, 0.25) is 0 Å². The zero-order valence-corrected chi connectivity index (χ0v) is 6.80. The zero-order chi connectivity index (χ0) is 8.97. The van der Waals surface area contributed by atoms with Crippen molar-refractivity contribution in [2.75, 3.05) is 5.73 Å². The van der Waals surface area contributed by atoms with E-state index in [1.165, 1.54) is 0 Å². The van der Waals surface area contributed by atoms with E-state index in [9.17, 15) is 4.79 Å². The van der Waals surface area contributed by atoms with Crippen LogP contribution >= 0.6 is 11.6 Å². The monoisotopic (exact) mass is 180 g/mol. The molecular formula is C8H5ClN2O. The molecular weight excluding hydrogens is 176 g/mol. The maximum absolute atomic E-state index is 9.90. The van der Waals surface area contributed by atoms with Gasteiger partial charge in [-0.1, -0.05) is 11.6 Å². The summed E-state index contributed by atoms with van der Waals surface area (Å²) in [6.45, 7) is 0. The number of nitrogens with two attached hydrogens (primary N) is 1. The van der Waals surface area contributed by atoms with Gasteiger partial charge in [-0.3, -0.25) is 4.79 Å². The summed E-state index contributed by atoms with van der Waals surface area (Å²) >= 11 is 5.57. The molecule has 0 aromatic carbocycles. The predicted octanol–water partition coefficient (Wildman–Crippen LogP) is 0.868. The van der Waals surface area contributed by atoms with Crippen LogP contribution in [0, 0.1) is 11.8 Å². The second kappa shape index (κ2) is 3.74. The lowest BCUT2D eigenvalue weighted by Gasteiger charge is -1.95. The van der Waals surface area contributed by atoms with Crippen LogP contribution in [0.15, 0.2) is 12.1 Å². The Morgan fingerprint density at radius 1 is 1.58 bits per heavy atom. The minimum atomic E-state index is 0.305. The largest absolute Gasteiger partial charge is 0.396 e. The molecule has 4 heteroatoms. The summed E-state index contributed by atoms with van der Waals surface area (Å²) in [5, 5.41) is 0.305. The van der Waals surface area contributed by atoms with Gasteiger partial charge in [-0.05, 0) is 24.0 Å². The van der Waals surface area contributed by atoms with Gasteiger partial charge in [-0.2, -0.15) is 0 Å². The van der Waals surface area contributed by atoms with Crippen LogP contribution < -0.4 is 5.73 Å². The van der Waals surface area contributed by atoms with E-state index in [4.69, 9.17) is 17.3 Å². The van der Waals surface area contributed by atoms with Gasteiger partial charge >= 0.3 is 0 Å². The maximum atomic E-state index is 9.90. The number of carbonyl (C=O) groups is 1. The Hall–Kier alpha value is -1.53. The molecule has 0 aliphatic carbocycles. The Bertz CT molecular complexity index is 365. The van der Waals surface area contributed by atoms with Gasteiger partial charge in [0.05, 0.1) is 5.69 Å². The van der Waals surface area contributed by atoms with Crippen molar-refractivity contribution in [3.63, 3.8) is 0 Å². The van der Waals surface area contributed by atoms with E-state index in [1.807, 2.05) is 0 Å². The average Bonchev–Trinajstić information content (AvgIpc) is 2.07. The Morgan fingerprint density at radius 3 is 3.00 bits per heavy atom. The van der Waals surface area contributed by atoms with Gasteiger partial charge in [0.25, 0.3) is 0 Å². The third-order valence-corrected chi connectivity index (χ3v) is 1.35. The van der Waals surface area contributed by atoms with E-state index in [0.29, 0.717) is 22.8 Å². The second-order valence-electron chi connectivity index (χ2n) is 1.96. The van der Waals surface area contributed by atoms with Crippen molar-refractivity contribution in [1.29, 1.82) is 0 Å². The smallest absolute Gasteiger partial charge is 0.193 e. The summed E-state index contributed by atoms with van der Waals surface area (Å²) in [6.07, 6.45) is 0.474. The van der Waals surface area contributed by atoms with Crippen molar-refractivity contribution < 1.29 is 4.79 Å². The lowest BCUT2D eigenvalue weighted by atomic mass is 10.3. The van der Waals surface area contributed by atoms with Crippen LogP contribution in [0.3, 0.4) is 0 Å². The predicted molar refractivity (Wildman–Crippen MR) is 46.6 cm³/mol. The molecule has 2 N–H and O–H groups in total. The maximum Gasteiger partial charge on any atom is 0.193 e. The van der Waals surface area contributed by atoms with E-state index in [2.05, 4.69) is 16.8 Å². The number of pyridine rings is 1. The molecule has 0 fully saturated rings. The second-order valence-corrected chi connectivity index (χ2v) is 2.35. The van der Waals surface area contributed by atoms with E-state index in [1.54, 1.807) is 12.1 Å². The average molecular weight is 181 g/mol. The molecule has 0 radical (unpaired) electrons. The van der Waals surface area contributed by atoms with Crippen molar-refractivity contribution in [1.82, 2.24) is 4.98 Å². The number of aldehydes is 1. The molecule has 3 nitrogen and oxygen atoms in total. The molecule has 0 bridgehead atoms. The molecule has 1 rings (SSSR count). The molecule has 1 aromatic heterocycles. The van der Waals surface area contributed by atoms with Crippen LogP contribution in [-0.4, -0.2) is 11.3 Å². The van der Waals surface area contributed by atoms with Gasteiger partial charge < -0.3 is 5.73 Å². The van der Waals surface area contributed by atoms with Crippen molar-refractivity contribution in [2.24, 2.45) is 0 Å². The number of rotatable bonds is 0. The number of nitrogen functional groups attached to an aromatic ring is 1. The van der Waals surface area contributed by atoms with Gasteiger partial charge in [0, 0.05) is 0 Å². The van der Waals surface area contributed by atoms with Gasteiger partial charge in [0.1, 0.15) is 10.8 Å². The summed E-state index contributed by atoms with van der Waals surface area (Å²) in [6, 6.07) is 3.15. The van der Waals surface area contributed by atoms with E-state index in [0.717, 1.165) is 0 Å². The lowest BCUT2D eigenvalue weighted by Crippen LogP contribution is -1.93. The molecule has 0 aliphatic rings. The Morgan fingerprint density at radius 2 is 2.33 bits per heavy atom. The Labute approximate surface area is 74.5 Å². The van der Waals surface area contributed by atoms with Crippen molar-refractivity contribution in [3.8, 4) is 11.8 Å². The quantitative estimate of drug-likeness (QED) is 0.366. The number of aromatic nitrogens is 1. The number of hydrogen-bond donors (Lipinski definition) is 1. The number of anilines is 1. The van der Waals surface area contributed by atoms with Gasteiger partial charge in [0.15, 0.2) is 6.29 Å². The molecule has 1 aromatic rings. The normalized spacial score (nSPS) is 8.42. The zero-order valence-electron chi connectivity index (χ0n) is 6.04. The Balaban J connectivity index is 3.13. The molecule has 0 atom stereocenters. The topological polar surface area (TPSA) is 56.0 Å². The van der Waals surface area contributed by atoms with Crippen LogP contribution in [-0.2, 0) is 4.79 Å². The van der Waals surface area contributed by atoms with Crippen LogP contribution in [0.1, 0.15) is 5.69 Å². The molecule has 60 valence electrons. The van der Waals surface area contributed by atoms with Crippen LogP contribution in [0.4, 0.5) is 5.69 Å². The summed E-state index contributed by atoms with van der Waals surface area (Å²) in [5.74, 6) is 4.67. The van der Waals surface area contributed by atoms with Gasteiger partial charge in [-0.25, -0.2) is 4.98 Å². The van der Waals surface area contributed by atoms with Crippen LogP contribution in [0.25, 0.3) is 0 Å². The highest BCUT2D eigenvalue weighted by atomic mass is 35.5. The molecule has 0 amide bonds. The Kier molecular flexibility index (Phi) is 2.67. The molecule has 12 heavy (non-hydrogen) atoms. The van der Waals surface area contributed by atoms with Gasteiger partial charge in [-0.15, -0.1) is 0 Å². The molecule has 0 saturated carbocycles. The molecule has 1 heterocycles. The first-order valence-corrected chi connectivity index (χ1v) is 3.49. The number of hydrogen-bond acceptors (Lipinski definition) is 3. The highest BCUT2D eigenvalue weighted by molar-refractivity contribution is 6.29. The van der Waals surface area contributed by atoms with Crippen LogP contribution in [0.2, 0.25) is 5.15 Å². The summed E-state index contributed by atoms with van der Waals surface area (Å²) in [7, 11) is 0. The third kappa shape index (κ3) is 1.97. The van der Waals surface area contributed by atoms with Crippen molar-refractivity contribution >= 4 is 23.6 Å². The lowest BCUT2D eigenvalue weighted by molar-refractivity contribution is -0.103. The highest BCUT2D eigenvalue weighted by Gasteiger charge is 1.96. The first-order valence-electron chi connectivity index (χ1n) is 3.11. The number of nitrogens with zero attached hydrogens (tertiary/aromatic N) is 1. The molecule has 0 aliphatic heterocycles. The molecule has 0 saturated heterocycles. The summed E-state index contributed by atoms with van der Waals surface area (Å²) in [5.41, 5.74) is 6.23. The molecule has 0 spiro atoms. The van der Waals surface area contributed by atoms with Crippen molar-refractivity contribution in [2.45, 2.75) is 0 Å². The van der Waals surface area contributed by atoms with Crippen LogP contribution in [0.5, 0.6) is 0 Å². The highest BCUT2D eigenvalue weighted by Crippen LogP contribution is 2.11. The first-order chi connectivity index (χ1) is 5.74. The summed E-state index contributed by atoms with van der Waals surface area (Å²) in [4.78, 5) is 13.7. The minimum Gasteiger partial charge on any atom is -0.396 e. The van der Waals surface area contributed by atoms with E-state index >= 15 is 0 Å². The fourth-order valence-electron chi connectivity index (χ4n) is 0.644. The summed E-state index contributed by atoms with van der Waals surface area (Å²) < 4.78 is 0. The number of carbonyl (C=O) groups excluding carboxylic acids is 1. The standard InChI is InChI=1S/C8H5ClN2O/c9-8-4-3-6(10)7(11-8)2-1-5-12/h3-5H,10H2. The van der Waals surface area contributed by atoms with E-state index < -0.39 is 0 Å². The fraction of sp³-hybridized carbons (Fsp3) is 0. The first kappa shape index (κ1) is 8.57.